The second kappa shape index (κ2) is 18.8. The van der Waals surface area contributed by atoms with Crippen molar-refractivity contribution < 1.29 is 75.4 Å². The molecule has 2 aliphatic rings. The van der Waals surface area contributed by atoms with Gasteiger partial charge in [-0.25, -0.2) is 25.6 Å². The lowest BCUT2D eigenvalue weighted by atomic mass is 9.93. The molecule has 396 valence electrons. The van der Waals surface area contributed by atoms with Gasteiger partial charge < -0.3 is 10.4 Å². The number of fused-ring (bicyclic) bond motifs is 4. The van der Waals surface area contributed by atoms with E-state index in [1.54, 1.807) is 0 Å². The molecule has 3 aromatic carbocycles. The number of aryl methyl sites for hydroxylation is 1. The van der Waals surface area contributed by atoms with Crippen LogP contribution < -0.4 is 9.62 Å². The largest absolute Gasteiger partial charge is 0.508 e. The lowest BCUT2D eigenvalue weighted by Crippen LogP contribution is -2.38. The van der Waals surface area contributed by atoms with Crippen molar-refractivity contribution in [2.24, 2.45) is 5.92 Å². The molecule has 0 unspecified atom stereocenters. The molecule has 6 aromatic rings. The van der Waals surface area contributed by atoms with Gasteiger partial charge >= 0.3 is 12.4 Å². The summed E-state index contributed by atoms with van der Waals surface area (Å²) in [6, 6.07) is 10.3. The fourth-order valence-electron chi connectivity index (χ4n) is 9.14. The van der Waals surface area contributed by atoms with E-state index in [1.165, 1.54) is 50.2 Å². The third-order valence-corrected chi connectivity index (χ3v) is 16.5. The summed E-state index contributed by atoms with van der Waals surface area (Å²) in [6.07, 6.45) is -10.7. The Hall–Kier alpha value is -6.28. The van der Waals surface area contributed by atoms with Crippen LogP contribution in [0.4, 0.5) is 49.7 Å². The lowest BCUT2D eigenvalue weighted by molar-refractivity contribution is -0.143. The van der Waals surface area contributed by atoms with Crippen molar-refractivity contribution in [3.63, 3.8) is 0 Å². The van der Waals surface area contributed by atoms with Crippen molar-refractivity contribution in [3.05, 3.63) is 123 Å². The number of sulfonamides is 1. The van der Waals surface area contributed by atoms with Crippen LogP contribution in [0.3, 0.4) is 0 Å². The molecule has 27 heteroatoms. The molecule has 3 atom stereocenters. The maximum Gasteiger partial charge on any atom is 0.435 e. The number of anilines is 1. The van der Waals surface area contributed by atoms with Crippen LogP contribution >= 0.6 is 11.6 Å². The number of nitrogens with zero attached hydrogens (tertiary/aromatic N) is 6. The van der Waals surface area contributed by atoms with Crippen molar-refractivity contribution >= 4 is 60.0 Å². The molecule has 2 amide bonds. The van der Waals surface area contributed by atoms with Crippen molar-refractivity contribution in [1.82, 2.24) is 29.9 Å². The van der Waals surface area contributed by atoms with Crippen LogP contribution in [-0.4, -0.2) is 81.7 Å². The second-order valence-corrected chi connectivity index (χ2v) is 23.8. The van der Waals surface area contributed by atoms with Crippen molar-refractivity contribution in [2.75, 3.05) is 16.8 Å². The molecule has 0 bridgehead atoms. The number of phenols is 1. The number of amides is 2. The molecular formula is C47H42ClF10N7O7S2. The van der Waals surface area contributed by atoms with Gasteiger partial charge in [-0.15, -0.1) is 0 Å². The molecule has 0 radical (unpaired) electrons. The van der Waals surface area contributed by atoms with E-state index in [9.17, 15) is 66.7 Å². The first kappa shape index (κ1) is 54.0. The van der Waals surface area contributed by atoms with E-state index in [-0.39, 0.29) is 67.6 Å². The maximum atomic E-state index is 15.6. The predicted octanol–water partition coefficient (Wildman–Crippen LogP) is 9.11. The Kier molecular flexibility index (Phi) is 13.7. The standard InChI is InChI=1S/C47H42ClF10N7O7S2/c1-44(2,73(3,69)70)14-13-27-7-10-29(30-11-12-33(48)38-40(30)64(22-45(51,52)53)62-43(38)65(74(4,71)72)36(68)18-23-5-8-28(66)9-6-23)39(59-27)34(17-24-15-25(49)19-26(50)16-24)60-35(67)21-63-42-37(41(61-63)47(56,57)58)31-20-32(31)46(42,54)55/h5-12,15-16,19,31-32,34,66H,13-14,17-18,20-22H2,1-4H3,(H,60,67)/t31-,32+,34-/m0/s1. The summed E-state index contributed by atoms with van der Waals surface area (Å²) >= 11 is 6.70. The first-order valence-electron chi connectivity index (χ1n) is 22.2. The Bertz CT molecular complexity index is 3450. The average molecular weight is 1110 g/mol. The molecule has 0 saturated heterocycles. The van der Waals surface area contributed by atoms with Gasteiger partial charge in [-0.3, -0.25) is 23.9 Å². The molecule has 8 rings (SSSR count). The Labute approximate surface area is 420 Å². The van der Waals surface area contributed by atoms with E-state index in [0.29, 0.717) is 17.0 Å². The highest BCUT2D eigenvalue weighted by Gasteiger charge is 2.68. The van der Waals surface area contributed by atoms with Crippen LogP contribution in [0.25, 0.3) is 22.0 Å². The van der Waals surface area contributed by atoms with Crippen LogP contribution in [0.15, 0.2) is 66.7 Å². The Balaban J connectivity index is 1.34. The number of benzene rings is 3. The van der Waals surface area contributed by atoms with Gasteiger partial charge in [0.25, 0.3) is 5.92 Å². The summed E-state index contributed by atoms with van der Waals surface area (Å²) in [4.78, 5) is 32.9. The van der Waals surface area contributed by atoms with Crippen LogP contribution in [0, 0.1) is 17.6 Å². The first-order valence-corrected chi connectivity index (χ1v) is 26.3. The first-order chi connectivity index (χ1) is 34.1. The minimum Gasteiger partial charge on any atom is -0.508 e. The molecule has 0 aliphatic heterocycles. The molecule has 74 heavy (non-hydrogen) atoms. The zero-order valence-corrected chi connectivity index (χ0v) is 41.5. The molecule has 2 N–H and O–H groups in total. The average Bonchev–Trinajstić information content (AvgIpc) is 3.78. The number of alkyl halides is 8. The maximum absolute atomic E-state index is 15.6. The van der Waals surface area contributed by atoms with Gasteiger partial charge in [-0.2, -0.15) is 49.6 Å². The minimum atomic E-state index is -5.21. The fraction of sp³-hybridized carbons (Fsp3) is 0.383. The quantitative estimate of drug-likeness (QED) is 0.0886. The molecule has 3 aromatic heterocycles. The summed E-state index contributed by atoms with van der Waals surface area (Å²) in [5, 5.41) is 18.7. The topological polar surface area (TPSA) is 186 Å². The molecule has 0 spiro atoms. The van der Waals surface area contributed by atoms with Gasteiger partial charge in [-0.1, -0.05) is 35.9 Å². The van der Waals surface area contributed by atoms with E-state index >= 15 is 8.78 Å². The third-order valence-electron chi connectivity index (χ3n) is 13.0. The highest BCUT2D eigenvalue weighted by Crippen LogP contribution is 2.68. The van der Waals surface area contributed by atoms with Crippen LogP contribution in [-0.2, 0) is 73.9 Å². The number of phenolic OH excluding ortho intramolecular Hbond substituents is 1. The molecule has 2 aliphatic carbocycles. The Morgan fingerprint density at radius 2 is 1.53 bits per heavy atom. The Morgan fingerprint density at radius 1 is 0.892 bits per heavy atom. The fourth-order valence-corrected chi connectivity index (χ4v) is 10.7. The van der Waals surface area contributed by atoms with E-state index in [1.807, 2.05) is 0 Å². The van der Waals surface area contributed by atoms with E-state index in [2.05, 4.69) is 15.5 Å². The van der Waals surface area contributed by atoms with Gasteiger partial charge in [0.05, 0.1) is 45.1 Å². The molecule has 1 saturated carbocycles. The van der Waals surface area contributed by atoms with E-state index in [0.717, 1.165) is 30.5 Å². The van der Waals surface area contributed by atoms with Crippen LogP contribution in [0.5, 0.6) is 5.75 Å². The highest BCUT2D eigenvalue weighted by molar-refractivity contribution is 7.93. The van der Waals surface area contributed by atoms with Gasteiger partial charge in [0.2, 0.25) is 21.8 Å². The number of hydrogen-bond donors (Lipinski definition) is 2. The van der Waals surface area contributed by atoms with Crippen LogP contribution in [0.2, 0.25) is 5.02 Å². The number of sulfone groups is 1. The number of nitrogens with one attached hydrogen (secondary N) is 1. The Morgan fingerprint density at radius 3 is 2.12 bits per heavy atom. The number of hydrogen-bond acceptors (Lipinski definition) is 10. The van der Waals surface area contributed by atoms with Crippen molar-refractivity contribution in [1.29, 1.82) is 0 Å². The molecule has 1 fully saturated rings. The summed E-state index contributed by atoms with van der Waals surface area (Å²) in [5.41, 5.74) is -5.00. The van der Waals surface area contributed by atoms with Crippen molar-refractivity contribution in [3.8, 4) is 16.9 Å². The zero-order chi connectivity index (χ0) is 54.4. The summed E-state index contributed by atoms with van der Waals surface area (Å²) in [7, 11) is -8.52. The molecular weight excluding hydrogens is 1060 g/mol. The highest BCUT2D eigenvalue weighted by atomic mass is 35.5. The summed E-state index contributed by atoms with van der Waals surface area (Å²) in [6.45, 7) is -0.403. The van der Waals surface area contributed by atoms with E-state index < -0.39 is 149 Å². The van der Waals surface area contributed by atoms with Gasteiger partial charge in [0, 0.05) is 40.6 Å². The van der Waals surface area contributed by atoms with E-state index in [4.69, 9.17) is 16.6 Å². The summed E-state index contributed by atoms with van der Waals surface area (Å²) < 4.78 is 199. The number of rotatable bonds is 16. The lowest BCUT2D eigenvalue weighted by Gasteiger charge is -2.25. The van der Waals surface area contributed by atoms with Gasteiger partial charge in [0.1, 0.15) is 36.2 Å². The normalized spacial score (nSPS) is 17.0. The number of halogens is 11. The number of aromatic nitrogens is 5. The molecule has 3 heterocycles. The van der Waals surface area contributed by atoms with Crippen LogP contribution in [0.1, 0.15) is 78.1 Å². The van der Waals surface area contributed by atoms with Crippen molar-refractivity contribution in [2.45, 2.75) is 94.0 Å². The molecule has 14 nitrogen and oxygen atoms in total. The number of carbonyl (C=O) groups excluding carboxylic acids is 2. The minimum absolute atomic E-state index is 0.0569. The number of carbonyl (C=O) groups is 2. The predicted molar refractivity (Wildman–Crippen MR) is 248 cm³/mol. The summed E-state index contributed by atoms with van der Waals surface area (Å²) in [5.74, 6) is -12.4. The number of pyridine rings is 1. The monoisotopic (exact) mass is 1110 g/mol. The zero-order valence-electron chi connectivity index (χ0n) is 39.1. The second-order valence-electron chi connectivity index (χ2n) is 18.9. The smallest absolute Gasteiger partial charge is 0.435 e. The SMILES string of the molecule is CC(C)(CCc1ccc(-c2ccc(Cl)c3c(N(C(=O)Cc4ccc(O)cc4)S(C)(=O)=O)nn(CC(F)(F)F)c23)c([C@H](Cc2cc(F)cc(F)c2)NC(=O)Cn2nc(C(F)(F)F)c3c2C(F)(F)[C@@H]2C[C@H]32)n1)S(C)(=O)=O. The number of aromatic hydroxyl groups is 1. The third kappa shape index (κ3) is 10.8. The van der Waals surface area contributed by atoms with Gasteiger partial charge in [-0.05, 0) is 93.0 Å². The van der Waals surface area contributed by atoms with Gasteiger partial charge in [0.15, 0.2) is 21.3 Å².